The molecule has 0 saturated carbocycles. The lowest BCUT2D eigenvalue weighted by Crippen LogP contribution is -2.27. The highest BCUT2D eigenvalue weighted by molar-refractivity contribution is 6.34. The molecule has 0 fully saturated rings. The van der Waals surface area contributed by atoms with Gasteiger partial charge >= 0.3 is 5.97 Å². The summed E-state index contributed by atoms with van der Waals surface area (Å²) >= 11 is 6.12. The summed E-state index contributed by atoms with van der Waals surface area (Å²) in [6, 6.07) is 4.54. The van der Waals surface area contributed by atoms with Crippen LogP contribution in [0.4, 0.5) is 5.69 Å². The number of aromatic carboxylic acids is 1. The van der Waals surface area contributed by atoms with Crippen molar-refractivity contribution in [2.45, 2.75) is 20.4 Å². The van der Waals surface area contributed by atoms with Crippen molar-refractivity contribution in [2.24, 2.45) is 5.92 Å². The first-order valence-corrected chi connectivity index (χ1v) is 8.15. The zero-order chi connectivity index (χ0) is 19.3. The Bertz CT molecular complexity index is 834. The normalized spacial score (nSPS) is 10.6. The molecule has 10 heteroatoms. The van der Waals surface area contributed by atoms with Gasteiger partial charge in [0.25, 0.3) is 5.91 Å². The number of carboxylic acids is 1. The number of hydrogen-bond acceptors (Lipinski definition) is 5. The minimum Gasteiger partial charge on any atom is -0.476 e. The van der Waals surface area contributed by atoms with Gasteiger partial charge in [0, 0.05) is 12.2 Å². The summed E-state index contributed by atoms with van der Waals surface area (Å²) in [7, 11) is 0. The van der Waals surface area contributed by atoms with E-state index in [9.17, 15) is 14.4 Å². The number of carbonyl (C=O) groups excluding carboxylic acids is 2. The highest BCUT2D eigenvalue weighted by Gasteiger charge is 2.13. The van der Waals surface area contributed by atoms with Crippen LogP contribution in [0.25, 0.3) is 0 Å². The number of nitrogens with one attached hydrogen (secondary N) is 2. The number of rotatable bonds is 7. The molecule has 2 amide bonds. The van der Waals surface area contributed by atoms with Gasteiger partial charge in [0.05, 0.1) is 16.8 Å². The SMILES string of the molecule is CC(C)CNC(=O)c1ccc(NC(=O)Cn2cc(C(=O)O)nn2)cc1Cl. The molecule has 1 aromatic carbocycles. The predicted octanol–water partition coefficient (Wildman–Crippen LogP) is 1.65. The molecule has 1 aromatic heterocycles. The smallest absolute Gasteiger partial charge is 0.358 e. The van der Waals surface area contributed by atoms with Crippen molar-refractivity contribution < 1.29 is 19.5 Å². The zero-order valence-electron chi connectivity index (χ0n) is 14.2. The maximum atomic E-state index is 12.1. The van der Waals surface area contributed by atoms with Crippen LogP contribution < -0.4 is 10.6 Å². The maximum Gasteiger partial charge on any atom is 0.358 e. The molecule has 2 aromatic rings. The zero-order valence-corrected chi connectivity index (χ0v) is 14.9. The number of amides is 2. The van der Waals surface area contributed by atoms with E-state index in [1.165, 1.54) is 12.1 Å². The minimum atomic E-state index is -1.23. The summed E-state index contributed by atoms with van der Waals surface area (Å²) in [6.07, 6.45) is 1.15. The summed E-state index contributed by atoms with van der Waals surface area (Å²) in [5.41, 5.74) is 0.462. The van der Waals surface area contributed by atoms with Gasteiger partial charge in [-0.25, -0.2) is 9.48 Å². The lowest BCUT2D eigenvalue weighted by Gasteiger charge is -2.10. The van der Waals surface area contributed by atoms with E-state index in [1.807, 2.05) is 13.8 Å². The number of hydrogen-bond donors (Lipinski definition) is 3. The number of anilines is 1. The van der Waals surface area contributed by atoms with E-state index in [1.54, 1.807) is 6.07 Å². The summed E-state index contributed by atoms with van der Waals surface area (Å²) in [5, 5.41) is 21.3. The topological polar surface area (TPSA) is 126 Å². The van der Waals surface area contributed by atoms with Gasteiger partial charge in [-0.2, -0.15) is 0 Å². The average Bonchev–Trinajstić information content (AvgIpc) is 3.01. The second kappa shape index (κ2) is 8.43. The highest BCUT2D eigenvalue weighted by Crippen LogP contribution is 2.21. The molecule has 26 heavy (non-hydrogen) atoms. The van der Waals surface area contributed by atoms with Crippen molar-refractivity contribution in [3.05, 3.63) is 40.7 Å². The van der Waals surface area contributed by atoms with Crippen LogP contribution >= 0.6 is 11.6 Å². The van der Waals surface area contributed by atoms with Gasteiger partial charge in [-0.15, -0.1) is 5.10 Å². The Labute approximate surface area is 154 Å². The average molecular weight is 380 g/mol. The molecule has 2 rings (SSSR count). The summed E-state index contributed by atoms with van der Waals surface area (Å²) in [4.78, 5) is 34.8. The molecule has 3 N–H and O–H groups in total. The molecular formula is C16H18ClN5O4. The van der Waals surface area contributed by atoms with Gasteiger partial charge in [0.15, 0.2) is 5.69 Å². The second-order valence-electron chi connectivity index (χ2n) is 5.95. The maximum absolute atomic E-state index is 12.1. The Morgan fingerprint density at radius 2 is 2.04 bits per heavy atom. The molecular weight excluding hydrogens is 362 g/mol. The third kappa shape index (κ3) is 5.28. The number of benzene rings is 1. The van der Waals surface area contributed by atoms with E-state index in [4.69, 9.17) is 16.7 Å². The fourth-order valence-electron chi connectivity index (χ4n) is 1.99. The van der Waals surface area contributed by atoms with E-state index < -0.39 is 11.9 Å². The Morgan fingerprint density at radius 3 is 2.62 bits per heavy atom. The monoisotopic (exact) mass is 379 g/mol. The fourth-order valence-corrected chi connectivity index (χ4v) is 2.26. The second-order valence-corrected chi connectivity index (χ2v) is 6.36. The largest absolute Gasteiger partial charge is 0.476 e. The molecule has 0 aliphatic heterocycles. The summed E-state index contributed by atoms with van der Waals surface area (Å²) in [6.45, 7) is 4.28. The number of halogens is 1. The third-order valence-electron chi connectivity index (χ3n) is 3.23. The molecule has 0 atom stereocenters. The van der Waals surface area contributed by atoms with E-state index in [0.717, 1.165) is 10.9 Å². The van der Waals surface area contributed by atoms with Crippen LogP contribution in [0.2, 0.25) is 5.02 Å². The van der Waals surface area contributed by atoms with Crippen LogP contribution in [0.5, 0.6) is 0 Å². The molecule has 0 unspecified atom stereocenters. The molecule has 0 aliphatic rings. The first-order chi connectivity index (χ1) is 12.3. The molecule has 0 aliphatic carbocycles. The lowest BCUT2D eigenvalue weighted by atomic mass is 10.1. The first-order valence-electron chi connectivity index (χ1n) is 7.77. The first kappa shape index (κ1) is 19.4. The summed E-state index contributed by atoms with van der Waals surface area (Å²) < 4.78 is 1.11. The van der Waals surface area contributed by atoms with Crippen LogP contribution in [0, 0.1) is 5.92 Å². The van der Waals surface area contributed by atoms with Gasteiger partial charge in [-0.05, 0) is 24.1 Å². The molecule has 0 bridgehead atoms. The highest BCUT2D eigenvalue weighted by atomic mass is 35.5. The number of nitrogens with zero attached hydrogens (tertiary/aromatic N) is 3. The van der Waals surface area contributed by atoms with E-state index in [2.05, 4.69) is 20.9 Å². The molecule has 138 valence electrons. The standard InChI is InChI=1S/C16H18ClN5O4/c1-9(2)6-18-15(24)11-4-3-10(5-12(11)17)19-14(23)8-22-7-13(16(25)26)20-21-22/h3-5,7,9H,6,8H2,1-2H3,(H,18,24)(H,19,23)(H,25,26). The molecule has 9 nitrogen and oxygen atoms in total. The Balaban J connectivity index is 1.98. The van der Waals surface area contributed by atoms with Crippen LogP contribution in [-0.2, 0) is 11.3 Å². The fraction of sp³-hybridized carbons (Fsp3) is 0.312. The summed E-state index contributed by atoms with van der Waals surface area (Å²) in [5.74, 6) is -1.64. The molecule has 0 spiro atoms. The molecule has 0 radical (unpaired) electrons. The van der Waals surface area contributed by atoms with E-state index in [0.29, 0.717) is 23.7 Å². The van der Waals surface area contributed by atoms with E-state index >= 15 is 0 Å². The van der Waals surface area contributed by atoms with Crippen LogP contribution in [0.1, 0.15) is 34.7 Å². The van der Waals surface area contributed by atoms with Gasteiger partial charge in [0.1, 0.15) is 6.54 Å². The van der Waals surface area contributed by atoms with Crippen molar-refractivity contribution in [3.8, 4) is 0 Å². The van der Waals surface area contributed by atoms with Crippen LogP contribution in [0.3, 0.4) is 0 Å². The van der Waals surface area contributed by atoms with Crippen LogP contribution in [-0.4, -0.2) is 44.4 Å². The van der Waals surface area contributed by atoms with Gasteiger partial charge in [0.2, 0.25) is 5.91 Å². The number of aromatic nitrogens is 3. The minimum absolute atomic E-state index is 0.206. The van der Waals surface area contributed by atoms with Crippen molar-refractivity contribution in [3.63, 3.8) is 0 Å². The molecule has 1 heterocycles. The quantitative estimate of drug-likeness (QED) is 0.671. The number of carboxylic acid groups (broad SMARTS) is 1. The third-order valence-corrected chi connectivity index (χ3v) is 3.54. The van der Waals surface area contributed by atoms with Crippen molar-refractivity contribution in [1.82, 2.24) is 20.3 Å². The van der Waals surface area contributed by atoms with E-state index in [-0.39, 0.29) is 23.2 Å². The number of carbonyl (C=O) groups is 3. The van der Waals surface area contributed by atoms with Crippen molar-refractivity contribution in [1.29, 1.82) is 0 Å². The van der Waals surface area contributed by atoms with Crippen LogP contribution in [0.15, 0.2) is 24.4 Å². The predicted molar refractivity (Wildman–Crippen MR) is 94.2 cm³/mol. The Morgan fingerprint density at radius 1 is 1.31 bits per heavy atom. The van der Waals surface area contributed by atoms with Crippen molar-refractivity contribution >= 4 is 35.1 Å². The van der Waals surface area contributed by atoms with Gasteiger partial charge in [-0.3, -0.25) is 9.59 Å². The van der Waals surface area contributed by atoms with Gasteiger partial charge < -0.3 is 15.7 Å². The lowest BCUT2D eigenvalue weighted by molar-refractivity contribution is -0.116. The van der Waals surface area contributed by atoms with Crippen molar-refractivity contribution in [2.75, 3.05) is 11.9 Å². The molecule has 0 saturated heterocycles. The Hall–Kier alpha value is -2.94. The van der Waals surface area contributed by atoms with Gasteiger partial charge in [-0.1, -0.05) is 30.7 Å². The Kier molecular flexibility index (Phi) is 6.29.